The van der Waals surface area contributed by atoms with Crippen molar-refractivity contribution in [1.29, 1.82) is 0 Å². The van der Waals surface area contributed by atoms with E-state index in [0.717, 1.165) is 64.2 Å². The van der Waals surface area contributed by atoms with Crippen molar-refractivity contribution in [3.05, 3.63) is 100 Å². The first kappa shape index (κ1) is 80.8. The third-order valence-electron chi connectivity index (χ3n) is 14.8. The Labute approximate surface area is 554 Å². The lowest BCUT2D eigenvalue weighted by Gasteiger charge is -2.22. The molecule has 0 radical (unpaired) electrons. The third kappa shape index (κ3) is 20.0. The van der Waals surface area contributed by atoms with Gasteiger partial charge >= 0.3 is 107 Å². The topological polar surface area (TPSA) is 576 Å². The molecule has 34 heteroatoms. The fourth-order valence-electron chi connectivity index (χ4n) is 10.5. The van der Waals surface area contributed by atoms with Crippen LogP contribution in [0, 0.1) is 0 Å². The fourth-order valence-corrected chi connectivity index (χ4v) is 10.5. The number of unbranched alkanes of at least 4 members (excludes halogenated alkanes) is 19. The number of carboxylic acid groups (broad SMARTS) is 11. The summed E-state index contributed by atoms with van der Waals surface area (Å²) in [6.45, 7) is 3.53. The number of carboxylic acids is 11. The van der Waals surface area contributed by atoms with E-state index in [0.29, 0.717) is 38.5 Å². The van der Waals surface area contributed by atoms with Crippen molar-refractivity contribution in [3.63, 3.8) is 0 Å². The molecular formula is C64H70O34. The Kier molecular flexibility index (Phi) is 31.4. The molecule has 530 valence electrons. The fraction of sp³-hybridized carbons (Fsp3) is 0.438. The van der Waals surface area contributed by atoms with Crippen LogP contribution in [-0.2, 0) is 23.7 Å². The quantitative estimate of drug-likeness (QED) is 0.0109. The molecule has 3 aromatic rings. The van der Waals surface area contributed by atoms with Gasteiger partial charge in [0.15, 0.2) is 0 Å². The zero-order valence-corrected chi connectivity index (χ0v) is 53.0. The number of carbonyl (C=O) groups is 18. The summed E-state index contributed by atoms with van der Waals surface area (Å²) in [6.07, 6.45) is 12.1. The van der Waals surface area contributed by atoms with Gasteiger partial charge in [-0.3, -0.25) is 0 Å². The summed E-state index contributed by atoms with van der Waals surface area (Å²) in [5, 5.41) is 113. The SMILES string of the molecule is CCCCCCCCCCOC(=O)c1c(C(=O)OCCCCCCCC)c(C(=O)O)c(C(=O)OC(=O)c2c(C(=O)O)c(C(=O)O)c(C(=O)O)c(C(=O)O)c2C(=O)O)c(C(=O)OC(=O)c2c(C(=O)O)c(C(=O)O)c(C(=O)O)c(C(=O)O)c2C(=O)O)c1C(=O)OCCCCCCCCCC. The van der Waals surface area contributed by atoms with Gasteiger partial charge in [0, 0.05) is 0 Å². The molecule has 3 rings (SSSR count). The van der Waals surface area contributed by atoms with Gasteiger partial charge in [-0.1, -0.05) is 143 Å². The minimum atomic E-state index is -2.99. The van der Waals surface area contributed by atoms with Crippen molar-refractivity contribution in [2.45, 2.75) is 162 Å². The Morgan fingerprint density at radius 1 is 0.184 bits per heavy atom. The lowest BCUT2D eigenvalue weighted by atomic mass is 9.85. The van der Waals surface area contributed by atoms with E-state index in [1.165, 1.54) is 0 Å². The zero-order valence-electron chi connectivity index (χ0n) is 53.0. The molecule has 98 heavy (non-hydrogen) atoms. The summed E-state index contributed by atoms with van der Waals surface area (Å²) in [6, 6.07) is 0. The highest BCUT2D eigenvalue weighted by atomic mass is 16.6. The van der Waals surface area contributed by atoms with Gasteiger partial charge in [0.2, 0.25) is 0 Å². The van der Waals surface area contributed by atoms with Gasteiger partial charge in [-0.2, -0.15) is 0 Å². The highest BCUT2D eigenvalue weighted by Crippen LogP contribution is 2.37. The van der Waals surface area contributed by atoms with Crippen LogP contribution in [0.1, 0.15) is 348 Å². The smallest absolute Gasteiger partial charge is 0.347 e. The largest absolute Gasteiger partial charge is 0.478 e. The zero-order chi connectivity index (χ0) is 74.0. The second-order valence-electron chi connectivity index (χ2n) is 21.6. The van der Waals surface area contributed by atoms with Crippen LogP contribution >= 0.6 is 0 Å². The molecule has 0 aliphatic heterocycles. The summed E-state index contributed by atoms with van der Waals surface area (Å²) in [7, 11) is 0. The average molecular weight is 1380 g/mol. The number of carbonyl (C=O) groups excluding carboxylic acids is 7. The van der Waals surface area contributed by atoms with E-state index < -0.39 is 227 Å². The molecule has 3 aromatic carbocycles. The van der Waals surface area contributed by atoms with E-state index in [4.69, 9.17) is 23.7 Å². The summed E-state index contributed by atoms with van der Waals surface area (Å²) in [5.41, 5.74) is -39.8. The summed E-state index contributed by atoms with van der Waals surface area (Å²) >= 11 is 0. The molecule has 0 unspecified atom stereocenters. The number of ether oxygens (including phenoxy) is 5. The number of aromatic carboxylic acids is 11. The van der Waals surface area contributed by atoms with Gasteiger partial charge in [-0.25, -0.2) is 86.3 Å². The Morgan fingerprint density at radius 2 is 0.306 bits per heavy atom. The summed E-state index contributed by atoms with van der Waals surface area (Å²) in [4.78, 5) is 247. The number of benzene rings is 3. The predicted molar refractivity (Wildman–Crippen MR) is 325 cm³/mol. The Bertz CT molecular complexity index is 3620. The first-order chi connectivity index (χ1) is 46.2. The molecule has 0 amide bonds. The van der Waals surface area contributed by atoms with E-state index in [9.17, 15) is 128 Å². The van der Waals surface area contributed by atoms with Crippen LogP contribution in [-0.4, -0.2) is 183 Å². The molecule has 0 aliphatic rings. The molecule has 0 fully saturated rings. The Morgan fingerprint density at radius 3 is 0.490 bits per heavy atom. The highest BCUT2D eigenvalue weighted by Gasteiger charge is 2.48. The van der Waals surface area contributed by atoms with Crippen LogP contribution in [0.25, 0.3) is 0 Å². The lowest BCUT2D eigenvalue weighted by Crippen LogP contribution is -2.33. The summed E-state index contributed by atoms with van der Waals surface area (Å²) < 4.78 is 25.7. The molecule has 0 aromatic heterocycles. The van der Waals surface area contributed by atoms with Crippen LogP contribution < -0.4 is 0 Å². The molecule has 0 saturated heterocycles. The maximum absolute atomic E-state index is 15.4. The summed E-state index contributed by atoms with van der Waals surface area (Å²) in [5.74, 6) is -48.5. The standard InChI is InChI=1S/C64H70O34/c1-4-7-10-13-16-18-21-24-27-95-59(88)44-42(58(87)94-26-23-20-15-12-9-6-3)39(57(85)86)43(63(92)97-61(90)40-35(53(77)78)31(49(69)70)29(47(65)66)32(50(71)72)36(40)54(79)80)46(45(44)60(89)96-28-25-22-19-17-14-11-8-5-2)64(93)98-62(91)41-37(55(81)82)33(51(73)74)30(48(67)68)34(52(75)76)38(41)56(83)84/h4-28H2,1-3H3,(H,65,66)(H,67,68)(H,69,70)(H,71,72)(H,73,74)(H,75,76)(H,77,78)(H,79,80)(H,81,82)(H,83,84)(H,85,86). The highest BCUT2D eigenvalue weighted by molar-refractivity contribution is 6.29. The molecule has 11 N–H and O–H groups in total. The lowest BCUT2D eigenvalue weighted by molar-refractivity contribution is 0.0339. The first-order valence-electron chi connectivity index (χ1n) is 30.6. The van der Waals surface area contributed by atoms with Crippen LogP contribution in [0.4, 0.5) is 0 Å². The molecule has 34 nitrogen and oxygen atoms in total. The van der Waals surface area contributed by atoms with Crippen LogP contribution in [0.3, 0.4) is 0 Å². The van der Waals surface area contributed by atoms with E-state index in [2.05, 4.69) is 0 Å². The third-order valence-corrected chi connectivity index (χ3v) is 14.8. The van der Waals surface area contributed by atoms with E-state index in [1.807, 2.05) is 20.8 Å². The molecule has 0 spiro atoms. The van der Waals surface area contributed by atoms with Crippen molar-refractivity contribution >= 4 is 107 Å². The first-order valence-corrected chi connectivity index (χ1v) is 30.6. The van der Waals surface area contributed by atoms with Crippen LogP contribution in [0.5, 0.6) is 0 Å². The number of hydrogen-bond donors (Lipinski definition) is 11. The van der Waals surface area contributed by atoms with Crippen molar-refractivity contribution < 1.29 is 166 Å². The van der Waals surface area contributed by atoms with Crippen LogP contribution in [0.2, 0.25) is 0 Å². The maximum atomic E-state index is 15.4. The monoisotopic (exact) mass is 1380 g/mol. The van der Waals surface area contributed by atoms with Crippen molar-refractivity contribution in [1.82, 2.24) is 0 Å². The molecule has 0 aliphatic carbocycles. The number of hydrogen-bond acceptors (Lipinski definition) is 23. The predicted octanol–water partition coefficient (Wildman–Crippen LogP) is 9.47. The second-order valence-corrected chi connectivity index (χ2v) is 21.6. The second kappa shape index (κ2) is 38.2. The van der Waals surface area contributed by atoms with E-state index in [-0.39, 0.29) is 38.5 Å². The molecule has 0 atom stereocenters. The van der Waals surface area contributed by atoms with Crippen molar-refractivity contribution in [3.8, 4) is 0 Å². The normalized spacial score (nSPS) is 10.8. The van der Waals surface area contributed by atoms with E-state index in [1.54, 1.807) is 0 Å². The van der Waals surface area contributed by atoms with Gasteiger partial charge in [0.05, 0.1) is 120 Å². The number of rotatable bonds is 43. The van der Waals surface area contributed by atoms with Gasteiger partial charge in [0.25, 0.3) is 0 Å². The molecule has 0 heterocycles. The van der Waals surface area contributed by atoms with E-state index >= 15 is 14.4 Å². The Hall–Kier alpha value is -11.5. The van der Waals surface area contributed by atoms with Crippen LogP contribution in [0.15, 0.2) is 0 Å². The van der Waals surface area contributed by atoms with Gasteiger partial charge < -0.3 is 79.9 Å². The average Bonchev–Trinajstić information content (AvgIpc) is 0.743. The minimum Gasteiger partial charge on any atom is -0.478 e. The minimum absolute atomic E-state index is 0.0658. The molecule has 0 bridgehead atoms. The molecular weight excluding hydrogens is 1310 g/mol. The maximum Gasteiger partial charge on any atom is 0.347 e. The van der Waals surface area contributed by atoms with Crippen molar-refractivity contribution in [2.75, 3.05) is 19.8 Å². The van der Waals surface area contributed by atoms with Gasteiger partial charge in [-0.05, 0) is 19.3 Å². The van der Waals surface area contributed by atoms with Gasteiger partial charge in [-0.15, -0.1) is 0 Å². The molecule has 0 saturated carbocycles. The Balaban J connectivity index is 2.88. The van der Waals surface area contributed by atoms with Crippen molar-refractivity contribution in [2.24, 2.45) is 0 Å². The van der Waals surface area contributed by atoms with Gasteiger partial charge in [0.1, 0.15) is 0 Å². The number of esters is 7.